The van der Waals surface area contributed by atoms with Gasteiger partial charge in [-0.15, -0.1) is 0 Å². The highest BCUT2D eigenvalue weighted by atomic mass is 16.5. The van der Waals surface area contributed by atoms with Gasteiger partial charge in [0.25, 0.3) is 0 Å². The number of unbranched alkanes of at least 4 members (excludes halogenated alkanes) is 36. The van der Waals surface area contributed by atoms with Crippen molar-refractivity contribution >= 4 is 23.9 Å². The number of hydrogen-bond donors (Lipinski definition) is 0. The summed E-state index contributed by atoms with van der Waals surface area (Å²) in [5.41, 5.74) is 0.178. The maximum absolute atomic E-state index is 14.9. The summed E-state index contributed by atoms with van der Waals surface area (Å²) in [6.45, 7) is 18.9. The van der Waals surface area contributed by atoms with Crippen LogP contribution in [0.5, 0.6) is 0 Å². The SMILES string of the molecule is CC(C)CCCCCCCCCCCCOC(=O)c1cc(-c2ccccc2)c(C(=O)OCCCCCCCCCCCCC(C)C)c(C(=O)OCCCCCCCCCCCCC(C)C)c1C(=O)OCCCCCCCCCCCCC(C)C. The van der Waals surface area contributed by atoms with Gasteiger partial charge in [-0.2, -0.15) is 0 Å². The molecule has 0 saturated carbocycles. The molecule has 0 bridgehead atoms. The molecule has 2 aromatic rings. The van der Waals surface area contributed by atoms with Crippen LogP contribution in [0.2, 0.25) is 0 Å². The summed E-state index contributed by atoms with van der Waals surface area (Å²) in [6, 6.07) is 10.8. The molecule has 2 aromatic carbocycles. The monoisotopic (exact) mass is 1170 g/mol. The third-order valence-corrected chi connectivity index (χ3v) is 16.9. The van der Waals surface area contributed by atoms with E-state index in [1.807, 2.05) is 30.3 Å². The predicted molar refractivity (Wildman–Crippen MR) is 356 cm³/mol. The van der Waals surface area contributed by atoms with Gasteiger partial charge in [0, 0.05) is 0 Å². The van der Waals surface area contributed by atoms with E-state index in [-0.39, 0.29) is 48.7 Å². The fourth-order valence-electron chi connectivity index (χ4n) is 11.5. The molecule has 0 atom stereocenters. The fraction of sp³-hybridized carbons (Fsp3) is 0.789. The van der Waals surface area contributed by atoms with Crippen LogP contribution in [0, 0.1) is 23.7 Å². The predicted octanol–water partition coefficient (Wildman–Crippen LogP) is 23.8. The highest BCUT2D eigenvalue weighted by Gasteiger charge is 2.36. The number of benzene rings is 2. The van der Waals surface area contributed by atoms with E-state index in [4.69, 9.17) is 18.9 Å². The Morgan fingerprint density at radius 3 is 0.774 bits per heavy atom. The van der Waals surface area contributed by atoms with Crippen molar-refractivity contribution in [2.24, 2.45) is 23.7 Å². The van der Waals surface area contributed by atoms with E-state index < -0.39 is 23.9 Å². The number of carbonyl (C=O) groups is 4. The van der Waals surface area contributed by atoms with Crippen molar-refractivity contribution in [3.8, 4) is 11.1 Å². The normalized spacial score (nSPS) is 11.6. The first-order chi connectivity index (χ1) is 40.8. The molecule has 0 unspecified atom stereocenters. The van der Waals surface area contributed by atoms with E-state index in [0.29, 0.717) is 36.8 Å². The minimum absolute atomic E-state index is 0.0808. The van der Waals surface area contributed by atoms with Gasteiger partial charge in [0.05, 0.1) is 48.7 Å². The third kappa shape index (κ3) is 39.9. The summed E-state index contributed by atoms with van der Waals surface area (Å²) in [5, 5.41) is 0. The quantitative estimate of drug-likeness (QED) is 0.0366. The van der Waals surface area contributed by atoms with Crippen LogP contribution in [-0.2, 0) is 18.9 Å². The zero-order chi connectivity index (χ0) is 61.1. The zero-order valence-corrected chi connectivity index (χ0v) is 56.0. The fourth-order valence-corrected chi connectivity index (χ4v) is 11.5. The number of carbonyl (C=O) groups excluding carboxylic acids is 4. The van der Waals surface area contributed by atoms with Crippen molar-refractivity contribution in [1.29, 1.82) is 0 Å². The number of ether oxygens (including phenoxy) is 4. The van der Waals surface area contributed by atoms with Crippen LogP contribution in [0.15, 0.2) is 36.4 Å². The van der Waals surface area contributed by atoms with Crippen molar-refractivity contribution in [3.05, 3.63) is 58.7 Å². The van der Waals surface area contributed by atoms with Crippen LogP contribution in [0.3, 0.4) is 0 Å². The summed E-state index contributed by atoms with van der Waals surface area (Å²) in [7, 11) is 0. The van der Waals surface area contributed by atoms with Gasteiger partial charge in [0.2, 0.25) is 0 Å². The van der Waals surface area contributed by atoms with Gasteiger partial charge in [0.1, 0.15) is 0 Å². The summed E-state index contributed by atoms with van der Waals surface area (Å²) >= 11 is 0. The van der Waals surface area contributed by atoms with Crippen LogP contribution in [0.25, 0.3) is 11.1 Å². The Balaban J connectivity index is 2.34. The minimum Gasteiger partial charge on any atom is -0.462 e. The first kappa shape index (κ1) is 76.4. The van der Waals surface area contributed by atoms with Crippen LogP contribution in [0.1, 0.15) is 379 Å². The van der Waals surface area contributed by atoms with Crippen molar-refractivity contribution in [2.45, 2.75) is 338 Å². The van der Waals surface area contributed by atoms with E-state index in [9.17, 15) is 19.2 Å². The van der Waals surface area contributed by atoms with Gasteiger partial charge in [0.15, 0.2) is 0 Å². The molecule has 0 aliphatic heterocycles. The molecular weight excluding hydrogens is 1040 g/mol. The van der Waals surface area contributed by atoms with Gasteiger partial charge in [-0.3, -0.25) is 0 Å². The molecule has 0 aliphatic carbocycles. The van der Waals surface area contributed by atoms with E-state index in [1.165, 1.54) is 180 Å². The topological polar surface area (TPSA) is 105 Å². The van der Waals surface area contributed by atoms with Crippen molar-refractivity contribution < 1.29 is 38.1 Å². The second-order valence-corrected chi connectivity index (χ2v) is 26.9. The first-order valence-corrected chi connectivity index (χ1v) is 35.8. The number of rotatable bonds is 57. The average molecular weight is 1170 g/mol. The zero-order valence-electron chi connectivity index (χ0n) is 56.0. The molecule has 8 heteroatoms. The summed E-state index contributed by atoms with van der Waals surface area (Å²) in [4.78, 5) is 58.9. The lowest BCUT2D eigenvalue weighted by Gasteiger charge is -2.20. The molecule has 0 aromatic heterocycles. The molecule has 0 heterocycles. The van der Waals surface area contributed by atoms with Gasteiger partial charge in [-0.1, -0.05) is 343 Å². The summed E-state index contributed by atoms with van der Waals surface area (Å²) in [5.74, 6) is -0.0256. The van der Waals surface area contributed by atoms with E-state index in [1.54, 1.807) is 6.07 Å². The molecule has 482 valence electrons. The molecule has 0 radical (unpaired) electrons. The molecular formula is C76H130O8. The number of hydrogen-bond acceptors (Lipinski definition) is 8. The largest absolute Gasteiger partial charge is 0.462 e. The van der Waals surface area contributed by atoms with Crippen LogP contribution < -0.4 is 0 Å². The molecule has 0 aliphatic rings. The Morgan fingerprint density at radius 2 is 0.500 bits per heavy atom. The van der Waals surface area contributed by atoms with Crippen molar-refractivity contribution in [2.75, 3.05) is 26.4 Å². The maximum Gasteiger partial charge on any atom is 0.339 e. The highest BCUT2D eigenvalue weighted by Crippen LogP contribution is 2.35. The van der Waals surface area contributed by atoms with Gasteiger partial charge >= 0.3 is 23.9 Å². The summed E-state index contributed by atoms with van der Waals surface area (Å²) in [6.07, 6.45) is 51.0. The Labute approximate surface area is 517 Å². The molecule has 84 heavy (non-hydrogen) atoms. The molecule has 0 N–H and O–H groups in total. The molecule has 0 fully saturated rings. The molecule has 0 spiro atoms. The standard InChI is InChI=1S/C76H130O8/c1-63(2)52-42-33-25-17-9-13-21-29-37-48-58-81-73(77)69-62-68(67-56-46-41-47-57-67)70(74(78)82-59-49-38-30-22-14-10-18-26-34-43-53-64(3)4)72(76(80)84-61-51-40-32-24-16-12-20-28-36-45-55-66(7)8)71(69)75(79)83-60-50-39-31-23-15-11-19-27-35-44-54-65(5)6/h41,46-47,56-57,62-66H,9-40,42-45,48-55,58-61H2,1-8H3. The molecule has 0 saturated heterocycles. The minimum atomic E-state index is -0.839. The Kier molecular flexibility index (Phi) is 47.7. The van der Waals surface area contributed by atoms with E-state index in [2.05, 4.69) is 55.4 Å². The second kappa shape index (κ2) is 52.4. The Hall–Kier alpha value is -3.68. The third-order valence-electron chi connectivity index (χ3n) is 16.9. The van der Waals surface area contributed by atoms with Crippen LogP contribution in [-0.4, -0.2) is 50.3 Å². The van der Waals surface area contributed by atoms with Crippen molar-refractivity contribution in [1.82, 2.24) is 0 Å². The lowest BCUT2D eigenvalue weighted by atomic mass is 9.88. The van der Waals surface area contributed by atoms with Crippen LogP contribution >= 0.6 is 0 Å². The number of esters is 4. The average Bonchev–Trinajstić information content (AvgIpc) is 2.18. The van der Waals surface area contributed by atoms with Crippen molar-refractivity contribution in [3.63, 3.8) is 0 Å². The molecule has 0 amide bonds. The smallest absolute Gasteiger partial charge is 0.339 e. The van der Waals surface area contributed by atoms with Crippen LogP contribution in [0.4, 0.5) is 0 Å². The highest BCUT2D eigenvalue weighted by molar-refractivity contribution is 6.18. The van der Waals surface area contributed by atoms with E-state index >= 15 is 0 Å². The van der Waals surface area contributed by atoms with E-state index in [0.717, 1.165) is 101 Å². The first-order valence-electron chi connectivity index (χ1n) is 35.8. The maximum atomic E-state index is 14.9. The van der Waals surface area contributed by atoms with Gasteiger partial charge in [-0.05, 0) is 66.5 Å². The van der Waals surface area contributed by atoms with Gasteiger partial charge < -0.3 is 18.9 Å². The Morgan fingerprint density at radius 1 is 0.274 bits per heavy atom. The second-order valence-electron chi connectivity index (χ2n) is 26.9. The lowest BCUT2D eigenvalue weighted by Crippen LogP contribution is -2.25. The molecule has 2 rings (SSSR count). The Bertz CT molecular complexity index is 1920. The lowest BCUT2D eigenvalue weighted by molar-refractivity contribution is 0.0415. The summed E-state index contributed by atoms with van der Waals surface area (Å²) < 4.78 is 24.2. The molecule has 8 nitrogen and oxygen atoms in total. The van der Waals surface area contributed by atoms with Gasteiger partial charge in [-0.25, -0.2) is 19.2 Å².